The summed E-state index contributed by atoms with van der Waals surface area (Å²) in [6.07, 6.45) is 3.05. The zero-order chi connectivity index (χ0) is 20.8. The van der Waals surface area contributed by atoms with Gasteiger partial charge in [0.1, 0.15) is 18.1 Å². The average molecular weight is 392 g/mol. The van der Waals surface area contributed by atoms with E-state index in [0.717, 1.165) is 28.2 Å². The Balaban J connectivity index is 1.59. The lowest BCUT2D eigenvalue weighted by Crippen LogP contribution is -2.02. The number of hydrogen-bond donors (Lipinski definition) is 0. The van der Waals surface area contributed by atoms with Gasteiger partial charge in [-0.2, -0.15) is 5.10 Å². The molecule has 6 nitrogen and oxygen atoms in total. The monoisotopic (exact) mass is 392 g/mol. The van der Waals surface area contributed by atoms with Crippen LogP contribution >= 0.6 is 0 Å². The Labute approximate surface area is 170 Å². The standard InChI is InChI=1S/C23H24N2O4/c1-16-11-17(2)25(24-16)20-8-5-18(6-9-20)15-29-23(26)10-7-19-12-21(27-3)14-22(13-19)28-4/h5-14H,15H2,1-4H3/b10-7+. The molecule has 3 aromatic rings. The molecular weight excluding hydrogens is 368 g/mol. The van der Waals surface area contributed by atoms with Crippen molar-refractivity contribution >= 4 is 12.0 Å². The molecule has 0 unspecified atom stereocenters. The van der Waals surface area contributed by atoms with Crippen LogP contribution in [0.25, 0.3) is 11.8 Å². The molecule has 0 radical (unpaired) electrons. The zero-order valence-corrected chi connectivity index (χ0v) is 17.0. The van der Waals surface area contributed by atoms with Gasteiger partial charge in [0.25, 0.3) is 0 Å². The summed E-state index contributed by atoms with van der Waals surface area (Å²) in [4.78, 5) is 12.0. The largest absolute Gasteiger partial charge is 0.497 e. The number of benzene rings is 2. The van der Waals surface area contributed by atoms with Gasteiger partial charge < -0.3 is 14.2 Å². The second-order valence-electron chi connectivity index (χ2n) is 6.59. The fraction of sp³-hybridized carbons (Fsp3) is 0.217. The molecule has 29 heavy (non-hydrogen) atoms. The molecule has 0 fully saturated rings. The minimum atomic E-state index is -0.422. The van der Waals surface area contributed by atoms with Gasteiger partial charge in [0.2, 0.25) is 0 Å². The maximum Gasteiger partial charge on any atom is 0.331 e. The van der Waals surface area contributed by atoms with Gasteiger partial charge >= 0.3 is 5.97 Å². The van der Waals surface area contributed by atoms with E-state index in [2.05, 4.69) is 5.10 Å². The molecule has 6 heteroatoms. The third-order valence-electron chi connectivity index (χ3n) is 4.36. The van der Waals surface area contributed by atoms with Crippen LogP contribution in [0, 0.1) is 13.8 Å². The highest BCUT2D eigenvalue weighted by Gasteiger charge is 2.05. The summed E-state index contributed by atoms with van der Waals surface area (Å²) in [5.41, 5.74) is 4.70. The molecule has 0 saturated carbocycles. The van der Waals surface area contributed by atoms with Gasteiger partial charge in [-0.1, -0.05) is 12.1 Å². The maximum absolute atomic E-state index is 12.0. The van der Waals surface area contributed by atoms with Crippen molar-refractivity contribution in [2.24, 2.45) is 0 Å². The van der Waals surface area contributed by atoms with Crippen molar-refractivity contribution in [3.8, 4) is 17.2 Å². The Hall–Kier alpha value is -3.54. The first-order valence-electron chi connectivity index (χ1n) is 9.19. The predicted molar refractivity (Wildman–Crippen MR) is 111 cm³/mol. The van der Waals surface area contributed by atoms with Crippen LogP contribution in [-0.4, -0.2) is 30.0 Å². The maximum atomic E-state index is 12.0. The van der Waals surface area contributed by atoms with Gasteiger partial charge in [-0.3, -0.25) is 0 Å². The van der Waals surface area contributed by atoms with E-state index in [1.165, 1.54) is 6.08 Å². The van der Waals surface area contributed by atoms with Gasteiger partial charge in [0.15, 0.2) is 0 Å². The molecule has 0 atom stereocenters. The first-order chi connectivity index (χ1) is 14.0. The Morgan fingerprint density at radius 3 is 2.21 bits per heavy atom. The van der Waals surface area contributed by atoms with E-state index < -0.39 is 5.97 Å². The average Bonchev–Trinajstić information content (AvgIpc) is 3.08. The van der Waals surface area contributed by atoms with E-state index in [-0.39, 0.29) is 6.61 Å². The molecule has 0 bridgehead atoms. The van der Waals surface area contributed by atoms with Gasteiger partial charge in [0, 0.05) is 17.8 Å². The predicted octanol–water partition coefficient (Wildman–Crippen LogP) is 4.26. The molecule has 150 valence electrons. The highest BCUT2D eigenvalue weighted by molar-refractivity contribution is 5.87. The number of aromatic nitrogens is 2. The number of carbonyl (C=O) groups is 1. The molecular formula is C23H24N2O4. The van der Waals surface area contributed by atoms with Crippen molar-refractivity contribution in [2.75, 3.05) is 14.2 Å². The van der Waals surface area contributed by atoms with E-state index in [1.54, 1.807) is 26.4 Å². The molecule has 0 aliphatic rings. The Bertz CT molecular complexity index is 998. The molecule has 1 heterocycles. The minimum Gasteiger partial charge on any atom is -0.497 e. The summed E-state index contributed by atoms with van der Waals surface area (Å²) < 4.78 is 17.7. The van der Waals surface area contributed by atoms with Crippen LogP contribution in [0.1, 0.15) is 22.5 Å². The second kappa shape index (κ2) is 9.10. The van der Waals surface area contributed by atoms with Crippen molar-refractivity contribution in [3.05, 3.63) is 77.1 Å². The van der Waals surface area contributed by atoms with Crippen LogP contribution in [0.15, 0.2) is 54.6 Å². The van der Waals surface area contributed by atoms with Crippen molar-refractivity contribution in [2.45, 2.75) is 20.5 Å². The van der Waals surface area contributed by atoms with Crippen molar-refractivity contribution in [1.29, 1.82) is 0 Å². The quantitative estimate of drug-likeness (QED) is 0.444. The first kappa shape index (κ1) is 20.2. The fourth-order valence-corrected chi connectivity index (χ4v) is 2.92. The third kappa shape index (κ3) is 5.25. The van der Waals surface area contributed by atoms with E-state index in [4.69, 9.17) is 14.2 Å². The van der Waals surface area contributed by atoms with Crippen LogP contribution in [0.3, 0.4) is 0 Å². The SMILES string of the molecule is COc1cc(/C=C/C(=O)OCc2ccc(-n3nc(C)cc3C)cc2)cc(OC)c1. The molecule has 0 amide bonds. The highest BCUT2D eigenvalue weighted by atomic mass is 16.5. The normalized spacial score (nSPS) is 10.9. The third-order valence-corrected chi connectivity index (χ3v) is 4.36. The number of ether oxygens (including phenoxy) is 3. The summed E-state index contributed by atoms with van der Waals surface area (Å²) >= 11 is 0. The molecule has 0 saturated heterocycles. The number of nitrogens with zero attached hydrogens (tertiary/aromatic N) is 2. The van der Waals surface area contributed by atoms with E-state index >= 15 is 0 Å². The van der Waals surface area contributed by atoms with Gasteiger partial charge in [-0.05, 0) is 61.4 Å². The molecule has 2 aromatic carbocycles. The summed E-state index contributed by atoms with van der Waals surface area (Å²) in [6, 6.07) is 15.2. The van der Waals surface area contributed by atoms with Crippen molar-refractivity contribution in [1.82, 2.24) is 9.78 Å². The van der Waals surface area contributed by atoms with E-state index in [9.17, 15) is 4.79 Å². The smallest absolute Gasteiger partial charge is 0.331 e. The molecule has 1 aromatic heterocycles. The molecule has 0 aliphatic carbocycles. The number of esters is 1. The summed E-state index contributed by atoms with van der Waals surface area (Å²) in [5.74, 6) is 0.884. The fourth-order valence-electron chi connectivity index (χ4n) is 2.92. The van der Waals surface area contributed by atoms with Crippen LogP contribution in [0.2, 0.25) is 0 Å². The summed E-state index contributed by atoms with van der Waals surface area (Å²) in [5, 5.41) is 4.47. The number of rotatable bonds is 7. The highest BCUT2D eigenvalue weighted by Crippen LogP contribution is 2.23. The van der Waals surface area contributed by atoms with Crippen molar-refractivity contribution < 1.29 is 19.0 Å². The number of aryl methyl sites for hydroxylation is 2. The van der Waals surface area contributed by atoms with Gasteiger partial charge in [-0.15, -0.1) is 0 Å². The van der Waals surface area contributed by atoms with Crippen LogP contribution in [0.4, 0.5) is 0 Å². The van der Waals surface area contributed by atoms with E-state index in [1.807, 2.05) is 61.0 Å². The van der Waals surface area contributed by atoms with Crippen molar-refractivity contribution in [3.63, 3.8) is 0 Å². The lowest BCUT2D eigenvalue weighted by molar-refractivity contribution is -0.138. The summed E-state index contributed by atoms with van der Waals surface area (Å²) in [7, 11) is 3.16. The van der Waals surface area contributed by atoms with Crippen LogP contribution in [0.5, 0.6) is 11.5 Å². The first-order valence-corrected chi connectivity index (χ1v) is 9.19. The van der Waals surface area contributed by atoms with E-state index in [0.29, 0.717) is 11.5 Å². The number of hydrogen-bond acceptors (Lipinski definition) is 5. The number of methoxy groups -OCH3 is 2. The second-order valence-corrected chi connectivity index (χ2v) is 6.59. The molecule has 0 spiro atoms. The Morgan fingerprint density at radius 1 is 1.00 bits per heavy atom. The molecule has 0 N–H and O–H groups in total. The minimum absolute atomic E-state index is 0.196. The van der Waals surface area contributed by atoms with Gasteiger partial charge in [-0.25, -0.2) is 9.48 Å². The van der Waals surface area contributed by atoms with Crippen LogP contribution in [-0.2, 0) is 16.1 Å². The van der Waals surface area contributed by atoms with Gasteiger partial charge in [0.05, 0.1) is 25.6 Å². The van der Waals surface area contributed by atoms with Crippen LogP contribution < -0.4 is 9.47 Å². The zero-order valence-electron chi connectivity index (χ0n) is 17.0. The Morgan fingerprint density at radius 2 is 1.66 bits per heavy atom. The topological polar surface area (TPSA) is 62.6 Å². The number of carbonyl (C=O) groups excluding carboxylic acids is 1. The molecule has 0 aliphatic heterocycles. The Kier molecular flexibility index (Phi) is 6.34. The summed E-state index contributed by atoms with van der Waals surface area (Å²) in [6.45, 7) is 4.17. The lowest BCUT2D eigenvalue weighted by atomic mass is 10.2. The lowest BCUT2D eigenvalue weighted by Gasteiger charge is -2.07. The molecule has 3 rings (SSSR count).